The minimum atomic E-state index is 0.101. The molecule has 1 heterocycles. The van der Waals surface area contributed by atoms with Crippen molar-refractivity contribution in [3.63, 3.8) is 0 Å². The third-order valence-electron chi connectivity index (χ3n) is 4.10. The molecule has 1 fully saturated rings. The van der Waals surface area contributed by atoms with Crippen LogP contribution in [0.2, 0.25) is 0 Å². The third kappa shape index (κ3) is 3.74. The molecule has 0 spiro atoms. The van der Waals surface area contributed by atoms with Crippen molar-refractivity contribution < 1.29 is 5.11 Å². The Morgan fingerprint density at radius 1 is 1.38 bits per heavy atom. The van der Waals surface area contributed by atoms with E-state index in [2.05, 4.69) is 32.6 Å². The normalized spacial score (nSPS) is 31.3. The topological polar surface area (TPSA) is 23.5 Å². The second-order valence-corrected chi connectivity index (χ2v) is 6.17. The number of hydrogen-bond donors (Lipinski definition) is 1. The first-order valence-electron chi connectivity index (χ1n) is 6.85. The Hall–Kier alpha value is -0.0800. The van der Waals surface area contributed by atoms with E-state index in [9.17, 15) is 5.11 Å². The Balaban J connectivity index is 2.51. The van der Waals surface area contributed by atoms with Gasteiger partial charge in [-0.05, 0) is 38.6 Å². The highest BCUT2D eigenvalue weighted by atomic mass is 16.3. The van der Waals surface area contributed by atoms with E-state index in [1.165, 1.54) is 19.4 Å². The Morgan fingerprint density at radius 2 is 2.06 bits per heavy atom. The van der Waals surface area contributed by atoms with Crippen LogP contribution in [-0.2, 0) is 0 Å². The molecule has 1 N–H and O–H groups in total. The number of aliphatic hydroxyl groups excluding tert-OH is 1. The van der Waals surface area contributed by atoms with Gasteiger partial charge >= 0.3 is 0 Å². The predicted octanol–water partition coefficient (Wildman–Crippen LogP) is 2.91. The highest BCUT2D eigenvalue weighted by Crippen LogP contribution is 2.29. The van der Waals surface area contributed by atoms with Gasteiger partial charge in [-0.3, -0.25) is 0 Å². The molecule has 0 saturated carbocycles. The summed E-state index contributed by atoms with van der Waals surface area (Å²) in [6.45, 7) is 11.7. The summed E-state index contributed by atoms with van der Waals surface area (Å²) in [5, 5.41) is 9.56. The molecule has 0 aliphatic carbocycles. The number of nitrogens with zero attached hydrogens (tertiary/aromatic N) is 1. The van der Waals surface area contributed by atoms with Crippen LogP contribution in [-0.4, -0.2) is 35.7 Å². The van der Waals surface area contributed by atoms with Crippen LogP contribution in [0.25, 0.3) is 0 Å². The van der Waals surface area contributed by atoms with Crippen LogP contribution in [0.1, 0.15) is 53.4 Å². The van der Waals surface area contributed by atoms with Gasteiger partial charge in [0.05, 0.1) is 0 Å². The zero-order valence-corrected chi connectivity index (χ0v) is 11.5. The average Bonchev–Trinajstić information content (AvgIpc) is 2.23. The van der Waals surface area contributed by atoms with E-state index < -0.39 is 0 Å². The monoisotopic (exact) mass is 227 g/mol. The molecular weight excluding hydrogens is 198 g/mol. The van der Waals surface area contributed by atoms with E-state index in [4.69, 9.17) is 0 Å². The minimum Gasteiger partial charge on any atom is -0.396 e. The van der Waals surface area contributed by atoms with Gasteiger partial charge in [-0.25, -0.2) is 0 Å². The first-order chi connectivity index (χ1) is 7.50. The van der Waals surface area contributed by atoms with Crippen molar-refractivity contribution in [2.45, 2.75) is 59.4 Å². The summed E-state index contributed by atoms with van der Waals surface area (Å²) in [5.74, 6) is 0.873. The maximum atomic E-state index is 9.56. The first-order valence-corrected chi connectivity index (χ1v) is 6.85. The number of piperidine rings is 1. The van der Waals surface area contributed by atoms with Gasteiger partial charge in [-0.2, -0.15) is 0 Å². The lowest BCUT2D eigenvalue weighted by Gasteiger charge is -2.41. The summed E-state index contributed by atoms with van der Waals surface area (Å²) >= 11 is 0. The fourth-order valence-electron chi connectivity index (χ4n) is 2.99. The maximum absolute atomic E-state index is 9.56. The third-order valence-corrected chi connectivity index (χ3v) is 4.10. The molecule has 3 atom stereocenters. The van der Waals surface area contributed by atoms with E-state index in [1.54, 1.807) is 0 Å². The van der Waals surface area contributed by atoms with Gasteiger partial charge in [0.2, 0.25) is 0 Å². The number of rotatable bonds is 5. The van der Waals surface area contributed by atoms with Crippen molar-refractivity contribution in [1.29, 1.82) is 0 Å². The first kappa shape index (κ1) is 14.0. The van der Waals surface area contributed by atoms with Crippen LogP contribution >= 0.6 is 0 Å². The molecule has 0 bridgehead atoms. The summed E-state index contributed by atoms with van der Waals surface area (Å²) < 4.78 is 0. The molecule has 2 nitrogen and oxygen atoms in total. The van der Waals surface area contributed by atoms with Crippen LogP contribution in [0.3, 0.4) is 0 Å². The van der Waals surface area contributed by atoms with Crippen LogP contribution < -0.4 is 0 Å². The van der Waals surface area contributed by atoms with Crippen molar-refractivity contribution >= 4 is 0 Å². The van der Waals surface area contributed by atoms with Crippen LogP contribution in [0, 0.1) is 11.3 Å². The van der Waals surface area contributed by atoms with Gasteiger partial charge < -0.3 is 10.0 Å². The summed E-state index contributed by atoms with van der Waals surface area (Å²) in [6.07, 6.45) is 4.92. The summed E-state index contributed by atoms with van der Waals surface area (Å²) in [5.41, 5.74) is 0.101. The zero-order valence-electron chi connectivity index (χ0n) is 11.5. The van der Waals surface area contributed by atoms with E-state index in [0.717, 1.165) is 25.3 Å². The lowest BCUT2D eigenvalue weighted by Crippen LogP contribution is -2.46. The lowest BCUT2D eigenvalue weighted by atomic mass is 9.83. The van der Waals surface area contributed by atoms with Gasteiger partial charge in [0.15, 0.2) is 0 Å². The molecule has 1 aliphatic heterocycles. The molecule has 0 aromatic heterocycles. The highest BCUT2D eigenvalue weighted by molar-refractivity contribution is 4.83. The molecule has 16 heavy (non-hydrogen) atoms. The molecule has 3 unspecified atom stereocenters. The summed E-state index contributed by atoms with van der Waals surface area (Å²) in [7, 11) is 0. The molecular formula is C14H29NO. The number of hydrogen-bond acceptors (Lipinski definition) is 2. The van der Waals surface area contributed by atoms with Gasteiger partial charge in [0, 0.05) is 24.6 Å². The molecule has 0 aromatic rings. The van der Waals surface area contributed by atoms with Crippen molar-refractivity contribution in [1.82, 2.24) is 4.90 Å². The van der Waals surface area contributed by atoms with Crippen LogP contribution in [0.5, 0.6) is 0 Å². The fourth-order valence-corrected chi connectivity index (χ4v) is 2.99. The minimum absolute atomic E-state index is 0.101. The zero-order chi connectivity index (χ0) is 12.2. The fraction of sp³-hybridized carbons (Fsp3) is 1.00. The molecule has 96 valence electrons. The van der Waals surface area contributed by atoms with Gasteiger partial charge in [-0.1, -0.05) is 27.2 Å². The van der Waals surface area contributed by atoms with Crippen LogP contribution in [0.4, 0.5) is 0 Å². The van der Waals surface area contributed by atoms with Crippen molar-refractivity contribution in [3.8, 4) is 0 Å². The molecule has 2 heteroatoms. The molecule has 1 aliphatic rings. The van der Waals surface area contributed by atoms with Crippen molar-refractivity contribution in [3.05, 3.63) is 0 Å². The molecule has 1 rings (SSSR count). The van der Waals surface area contributed by atoms with Gasteiger partial charge in [-0.15, -0.1) is 0 Å². The van der Waals surface area contributed by atoms with E-state index in [1.807, 2.05) is 0 Å². The standard InChI is InChI=1S/C14H29NO/c1-5-7-14(4,11-16)10-15-8-6-12(2)9-13(15)3/h12-13,16H,5-11H2,1-4H3. The predicted molar refractivity (Wildman–Crippen MR) is 69.5 cm³/mol. The molecule has 1 saturated heterocycles. The Bertz CT molecular complexity index is 207. The summed E-state index contributed by atoms with van der Waals surface area (Å²) in [6, 6.07) is 0.687. The quantitative estimate of drug-likeness (QED) is 0.780. The smallest absolute Gasteiger partial charge is 0.0497 e. The van der Waals surface area contributed by atoms with Gasteiger partial charge in [0.1, 0.15) is 0 Å². The van der Waals surface area contributed by atoms with E-state index >= 15 is 0 Å². The van der Waals surface area contributed by atoms with Gasteiger partial charge in [0.25, 0.3) is 0 Å². The average molecular weight is 227 g/mol. The second kappa shape index (κ2) is 6.02. The Labute approximate surface area is 101 Å². The number of likely N-dealkylation sites (tertiary alicyclic amines) is 1. The lowest BCUT2D eigenvalue weighted by molar-refractivity contribution is 0.0385. The Morgan fingerprint density at radius 3 is 2.56 bits per heavy atom. The van der Waals surface area contributed by atoms with Crippen molar-refractivity contribution in [2.24, 2.45) is 11.3 Å². The van der Waals surface area contributed by atoms with Crippen LogP contribution in [0.15, 0.2) is 0 Å². The number of aliphatic hydroxyl groups is 1. The highest BCUT2D eigenvalue weighted by Gasteiger charge is 2.30. The molecule has 0 radical (unpaired) electrons. The summed E-state index contributed by atoms with van der Waals surface area (Å²) in [4.78, 5) is 2.58. The second-order valence-electron chi connectivity index (χ2n) is 6.17. The SMILES string of the molecule is CCCC(C)(CO)CN1CCC(C)CC1C. The Kier molecular flexibility index (Phi) is 5.26. The maximum Gasteiger partial charge on any atom is 0.0497 e. The van der Waals surface area contributed by atoms with Crippen molar-refractivity contribution in [2.75, 3.05) is 19.7 Å². The largest absolute Gasteiger partial charge is 0.396 e. The van der Waals surface area contributed by atoms with E-state index in [-0.39, 0.29) is 5.41 Å². The van der Waals surface area contributed by atoms with E-state index in [0.29, 0.717) is 12.6 Å². The molecule has 0 amide bonds. The molecule has 0 aromatic carbocycles.